The number of aromatic nitrogens is 2. The van der Waals surface area contributed by atoms with E-state index in [1.54, 1.807) is 18.3 Å². The molecule has 2 rings (SSSR count). The summed E-state index contributed by atoms with van der Waals surface area (Å²) in [6.07, 6.45) is 1.60. The van der Waals surface area contributed by atoms with Gasteiger partial charge in [-0.05, 0) is 18.2 Å². The molecule has 0 amide bonds. The minimum atomic E-state index is -0.425. The van der Waals surface area contributed by atoms with Gasteiger partial charge in [-0.15, -0.1) is 0 Å². The van der Waals surface area contributed by atoms with Crippen LogP contribution in [0.3, 0.4) is 0 Å². The SMILES string of the molecule is COc1ccc([N+](=O)[O-])cc1CNCc1cccnn1. The molecule has 104 valence electrons. The average molecular weight is 274 g/mol. The second-order valence-electron chi connectivity index (χ2n) is 4.07. The molecule has 0 aliphatic carbocycles. The molecule has 0 atom stereocenters. The maximum Gasteiger partial charge on any atom is 0.270 e. The molecule has 0 fully saturated rings. The highest BCUT2D eigenvalue weighted by Gasteiger charge is 2.11. The van der Waals surface area contributed by atoms with E-state index < -0.39 is 4.92 Å². The van der Waals surface area contributed by atoms with Gasteiger partial charge in [-0.2, -0.15) is 10.2 Å². The van der Waals surface area contributed by atoms with Gasteiger partial charge in [0.2, 0.25) is 0 Å². The number of benzene rings is 1. The van der Waals surface area contributed by atoms with E-state index in [0.29, 0.717) is 18.8 Å². The Balaban J connectivity index is 2.04. The predicted octanol–water partition coefficient (Wildman–Crippen LogP) is 1.68. The van der Waals surface area contributed by atoms with Crippen LogP contribution >= 0.6 is 0 Å². The number of non-ortho nitro benzene ring substituents is 1. The van der Waals surface area contributed by atoms with Gasteiger partial charge in [0, 0.05) is 37.0 Å². The number of hydrogen-bond acceptors (Lipinski definition) is 6. The van der Waals surface area contributed by atoms with Crippen molar-refractivity contribution in [1.82, 2.24) is 15.5 Å². The number of nitro groups is 1. The first kappa shape index (κ1) is 13.9. The normalized spacial score (nSPS) is 10.2. The van der Waals surface area contributed by atoms with Crippen LogP contribution in [0.4, 0.5) is 5.69 Å². The molecule has 1 aromatic carbocycles. The molecule has 0 saturated heterocycles. The standard InChI is InChI=1S/C13H14N4O3/c1-20-13-5-4-12(17(18)19)7-10(13)8-14-9-11-3-2-6-15-16-11/h2-7,14H,8-9H2,1H3. The van der Waals surface area contributed by atoms with E-state index >= 15 is 0 Å². The Bertz CT molecular complexity index is 589. The maximum absolute atomic E-state index is 10.8. The van der Waals surface area contributed by atoms with Crippen molar-refractivity contribution in [1.29, 1.82) is 0 Å². The van der Waals surface area contributed by atoms with Gasteiger partial charge in [-0.25, -0.2) is 0 Å². The van der Waals surface area contributed by atoms with Crippen LogP contribution in [-0.4, -0.2) is 22.2 Å². The second-order valence-corrected chi connectivity index (χ2v) is 4.07. The molecule has 0 spiro atoms. The van der Waals surface area contributed by atoms with Crippen LogP contribution in [0.1, 0.15) is 11.3 Å². The Morgan fingerprint density at radius 3 is 2.85 bits per heavy atom. The van der Waals surface area contributed by atoms with E-state index in [2.05, 4.69) is 15.5 Å². The molecule has 0 saturated carbocycles. The zero-order valence-corrected chi connectivity index (χ0v) is 10.9. The molecule has 0 unspecified atom stereocenters. The van der Waals surface area contributed by atoms with Crippen molar-refractivity contribution in [2.45, 2.75) is 13.1 Å². The number of methoxy groups -OCH3 is 1. The first-order valence-corrected chi connectivity index (χ1v) is 5.99. The number of hydrogen-bond donors (Lipinski definition) is 1. The van der Waals surface area contributed by atoms with Gasteiger partial charge in [0.25, 0.3) is 5.69 Å². The lowest BCUT2D eigenvalue weighted by Gasteiger charge is -2.09. The van der Waals surface area contributed by atoms with Gasteiger partial charge in [-0.3, -0.25) is 10.1 Å². The highest BCUT2D eigenvalue weighted by Crippen LogP contribution is 2.23. The van der Waals surface area contributed by atoms with Crippen LogP contribution in [0.2, 0.25) is 0 Å². The summed E-state index contributed by atoms with van der Waals surface area (Å²) in [4.78, 5) is 10.3. The number of nitrogens with one attached hydrogen (secondary N) is 1. The van der Waals surface area contributed by atoms with E-state index in [0.717, 1.165) is 11.3 Å². The van der Waals surface area contributed by atoms with Gasteiger partial charge in [0.05, 0.1) is 17.7 Å². The van der Waals surface area contributed by atoms with E-state index in [1.165, 1.54) is 19.2 Å². The van der Waals surface area contributed by atoms with Gasteiger partial charge in [-0.1, -0.05) is 0 Å². The van der Waals surface area contributed by atoms with Gasteiger partial charge >= 0.3 is 0 Å². The first-order chi connectivity index (χ1) is 9.70. The summed E-state index contributed by atoms with van der Waals surface area (Å²) in [6.45, 7) is 0.973. The lowest BCUT2D eigenvalue weighted by molar-refractivity contribution is -0.384. The molecule has 0 radical (unpaired) electrons. The fraction of sp³-hybridized carbons (Fsp3) is 0.231. The Morgan fingerprint density at radius 1 is 1.35 bits per heavy atom. The van der Waals surface area contributed by atoms with E-state index in [-0.39, 0.29) is 5.69 Å². The fourth-order valence-electron chi connectivity index (χ4n) is 1.77. The maximum atomic E-state index is 10.8. The van der Waals surface area contributed by atoms with Crippen LogP contribution in [0.5, 0.6) is 5.75 Å². The third-order valence-electron chi connectivity index (χ3n) is 2.72. The number of ether oxygens (including phenoxy) is 1. The highest BCUT2D eigenvalue weighted by molar-refractivity contribution is 5.43. The van der Waals surface area contributed by atoms with Crippen LogP contribution in [0.15, 0.2) is 36.5 Å². The van der Waals surface area contributed by atoms with Crippen molar-refractivity contribution < 1.29 is 9.66 Å². The molecule has 1 aromatic heterocycles. The summed E-state index contributed by atoms with van der Waals surface area (Å²) in [5, 5.41) is 21.7. The summed E-state index contributed by atoms with van der Waals surface area (Å²) in [6, 6.07) is 8.17. The Kier molecular flexibility index (Phi) is 4.56. The molecule has 2 aromatic rings. The number of nitro benzene ring substituents is 1. The summed E-state index contributed by atoms with van der Waals surface area (Å²) in [7, 11) is 1.54. The topological polar surface area (TPSA) is 90.2 Å². The van der Waals surface area contributed by atoms with Gasteiger partial charge in [0.1, 0.15) is 5.75 Å². The van der Waals surface area contributed by atoms with Crippen LogP contribution in [0.25, 0.3) is 0 Å². The Labute approximate surface area is 115 Å². The predicted molar refractivity (Wildman–Crippen MR) is 72.2 cm³/mol. The largest absolute Gasteiger partial charge is 0.496 e. The molecule has 0 bridgehead atoms. The first-order valence-electron chi connectivity index (χ1n) is 5.99. The average Bonchev–Trinajstić information content (AvgIpc) is 2.48. The lowest BCUT2D eigenvalue weighted by Crippen LogP contribution is -2.14. The van der Waals surface area contributed by atoms with E-state index in [4.69, 9.17) is 4.74 Å². The van der Waals surface area contributed by atoms with Crippen LogP contribution in [-0.2, 0) is 13.1 Å². The summed E-state index contributed by atoms with van der Waals surface area (Å²) >= 11 is 0. The molecule has 20 heavy (non-hydrogen) atoms. The van der Waals surface area contributed by atoms with Gasteiger partial charge < -0.3 is 10.1 Å². The van der Waals surface area contributed by atoms with Crippen molar-refractivity contribution in [3.63, 3.8) is 0 Å². The van der Waals surface area contributed by atoms with Crippen molar-refractivity contribution in [2.75, 3.05) is 7.11 Å². The quantitative estimate of drug-likeness (QED) is 0.636. The smallest absolute Gasteiger partial charge is 0.270 e. The second kappa shape index (κ2) is 6.58. The number of rotatable bonds is 6. The molecule has 0 aliphatic heterocycles. The Morgan fingerprint density at radius 2 is 2.20 bits per heavy atom. The van der Waals surface area contributed by atoms with Crippen molar-refractivity contribution >= 4 is 5.69 Å². The van der Waals surface area contributed by atoms with Gasteiger partial charge in [0.15, 0.2) is 0 Å². The molecular formula is C13H14N4O3. The van der Waals surface area contributed by atoms with E-state index in [9.17, 15) is 10.1 Å². The third-order valence-corrected chi connectivity index (χ3v) is 2.72. The molecule has 0 aliphatic rings. The molecular weight excluding hydrogens is 260 g/mol. The zero-order valence-electron chi connectivity index (χ0n) is 10.9. The molecule has 1 heterocycles. The van der Waals surface area contributed by atoms with Crippen molar-refractivity contribution in [2.24, 2.45) is 0 Å². The highest BCUT2D eigenvalue weighted by atomic mass is 16.6. The number of nitrogens with zero attached hydrogens (tertiary/aromatic N) is 3. The molecule has 7 nitrogen and oxygen atoms in total. The van der Waals surface area contributed by atoms with Crippen LogP contribution in [0, 0.1) is 10.1 Å². The summed E-state index contributed by atoms with van der Waals surface area (Å²) < 4.78 is 5.19. The third kappa shape index (κ3) is 3.48. The Hall–Kier alpha value is -2.54. The van der Waals surface area contributed by atoms with Crippen molar-refractivity contribution in [3.05, 3.63) is 57.9 Å². The zero-order chi connectivity index (χ0) is 14.4. The van der Waals surface area contributed by atoms with Crippen LogP contribution < -0.4 is 10.1 Å². The monoisotopic (exact) mass is 274 g/mol. The minimum Gasteiger partial charge on any atom is -0.496 e. The minimum absolute atomic E-state index is 0.0436. The van der Waals surface area contributed by atoms with E-state index in [1.807, 2.05) is 6.07 Å². The lowest BCUT2D eigenvalue weighted by atomic mass is 10.1. The molecule has 7 heteroatoms. The summed E-state index contributed by atoms with van der Waals surface area (Å²) in [5.74, 6) is 0.613. The fourth-order valence-corrected chi connectivity index (χ4v) is 1.77. The summed E-state index contributed by atoms with van der Waals surface area (Å²) in [5.41, 5.74) is 1.57. The molecule has 1 N–H and O–H groups in total. The van der Waals surface area contributed by atoms with Crippen molar-refractivity contribution in [3.8, 4) is 5.75 Å².